The van der Waals surface area contributed by atoms with E-state index in [-0.39, 0.29) is 12.7 Å². The molecule has 0 bridgehead atoms. The first kappa shape index (κ1) is 28.6. The first-order valence-electron chi connectivity index (χ1n) is 12.2. The fourth-order valence-electron chi connectivity index (χ4n) is 4.13. The van der Waals surface area contributed by atoms with Gasteiger partial charge >= 0.3 is 6.09 Å². The Kier molecular flexibility index (Phi) is 9.11. The molecule has 0 unspecified atom stereocenters. The van der Waals surface area contributed by atoms with Gasteiger partial charge in [0.15, 0.2) is 11.5 Å². The number of ether oxygens (including phenoxy) is 6. The van der Waals surface area contributed by atoms with E-state index < -0.39 is 23.8 Å². The molecule has 1 atom stereocenters. The van der Waals surface area contributed by atoms with Gasteiger partial charge in [-0.05, 0) is 63.1 Å². The van der Waals surface area contributed by atoms with Crippen molar-refractivity contribution in [3.63, 3.8) is 0 Å². The van der Waals surface area contributed by atoms with Gasteiger partial charge in [-0.3, -0.25) is 9.69 Å². The summed E-state index contributed by atoms with van der Waals surface area (Å²) in [5, 5.41) is 2.89. The molecule has 2 aromatic rings. The normalized spacial score (nSPS) is 16.4. The van der Waals surface area contributed by atoms with Crippen LogP contribution in [0.15, 0.2) is 30.3 Å². The summed E-state index contributed by atoms with van der Waals surface area (Å²) in [6.45, 7) is 6.97. The van der Waals surface area contributed by atoms with Gasteiger partial charge < -0.3 is 33.7 Å². The highest BCUT2D eigenvalue weighted by Crippen LogP contribution is 2.39. The predicted molar refractivity (Wildman–Crippen MR) is 144 cm³/mol. The molecule has 1 fully saturated rings. The standard InChI is InChI=1S/C28H36N2O8/c1-17(2)38-27(32)30-21(16-37-28(30,3)4)26(31)29-20-13-18(11-12-22(20)33-5)9-10-19-14-23(34-6)25(36-8)24(15-19)35-7/h9-15,17,21H,16H2,1-8H3,(H,29,31)/b10-9-/t21-/m0/s1. The molecule has 3 rings (SSSR count). The molecule has 1 saturated heterocycles. The van der Waals surface area contributed by atoms with E-state index in [4.69, 9.17) is 28.4 Å². The van der Waals surface area contributed by atoms with E-state index in [2.05, 4.69) is 5.32 Å². The smallest absolute Gasteiger partial charge is 0.413 e. The highest BCUT2D eigenvalue weighted by molar-refractivity contribution is 5.98. The van der Waals surface area contributed by atoms with Crippen LogP contribution in [0.4, 0.5) is 10.5 Å². The monoisotopic (exact) mass is 528 g/mol. The lowest BCUT2D eigenvalue weighted by Crippen LogP contribution is -2.52. The number of amides is 2. The number of nitrogens with one attached hydrogen (secondary N) is 1. The van der Waals surface area contributed by atoms with Crippen LogP contribution in [0.1, 0.15) is 38.8 Å². The van der Waals surface area contributed by atoms with Crippen LogP contribution in [0.3, 0.4) is 0 Å². The zero-order valence-corrected chi connectivity index (χ0v) is 23.1. The van der Waals surface area contributed by atoms with Crippen LogP contribution < -0.4 is 24.3 Å². The third kappa shape index (κ3) is 6.31. The van der Waals surface area contributed by atoms with Crippen LogP contribution in [-0.2, 0) is 14.3 Å². The molecule has 0 aromatic heterocycles. The van der Waals surface area contributed by atoms with Gasteiger partial charge in [-0.25, -0.2) is 4.79 Å². The maximum atomic E-state index is 13.3. The number of hydrogen-bond acceptors (Lipinski definition) is 8. The van der Waals surface area contributed by atoms with E-state index in [0.717, 1.165) is 11.1 Å². The molecule has 0 saturated carbocycles. The molecular formula is C28H36N2O8. The average molecular weight is 529 g/mol. The largest absolute Gasteiger partial charge is 0.495 e. The third-order valence-electron chi connectivity index (χ3n) is 5.96. The Bertz CT molecular complexity index is 1170. The van der Waals surface area contributed by atoms with Gasteiger partial charge in [0.25, 0.3) is 0 Å². The van der Waals surface area contributed by atoms with Crippen LogP contribution in [0, 0.1) is 0 Å². The number of carbonyl (C=O) groups is 2. The maximum Gasteiger partial charge on any atom is 0.413 e. The van der Waals surface area contributed by atoms with Gasteiger partial charge in [-0.2, -0.15) is 0 Å². The minimum absolute atomic E-state index is 0.0368. The molecule has 1 heterocycles. The molecule has 10 heteroatoms. The Morgan fingerprint density at radius 2 is 1.55 bits per heavy atom. The van der Waals surface area contributed by atoms with Gasteiger partial charge in [0.1, 0.15) is 17.5 Å². The van der Waals surface area contributed by atoms with Gasteiger partial charge in [0, 0.05) is 0 Å². The number of anilines is 1. The molecule has 0 aliphatic carbocycles. The summed E-state index contributed by atoms with van der Waals surface area (Å²) >= 11 is 0. The van der Waals surface area contributed by atoms with E-state index in [1.807, 2.05) is 30.4 Å². The molecule has 1 aliphatic rings. The zero-order chi connectivity index (χ0) is 28.0. The summed E-state index contributed by atoms with van der Waals surface area (Å²) in [6, 6.07) is 8.18. The molecular weight excluding hydrogens is 492 g/mol. The number of rotatable bonds is 9. The fourth-order valence-corrected chi connectivity index (χ4v) is 4.13. The van der Waals surface area contributed by atoms with Crippen LogP contribution >= 0.6 is 0 Å². The first-order valence-corrected chi connectivity index (χ1v) is 12.2. The summed E-state index contributed by atoms with van der Waals surface area (Å²) in [5.74, 6) is 1.64. The maximum absolute atomic E-state index is 13.3. The molecule has 2 amide bonds. The van der Waals surface area contributed by atoms with Crippen LogP contribution in [0.5, 0.6) is 23.0 Å². The van der Waals surface area contributed by atoms with Crippen molar-refractivity contribution in [3.8, 4) is 23.0 Å². The van der Waals surface area contributed by atoms with Crippen molar-refractivity contribution in [3.05, 3.63) is 41.5 Å². The molecule has 10 nitrogen and oxygen atoms in total. The van der Waals surface area contributed by atoms with E-state index in [0.29, 0.717) is 28.7 Å². The zero-order valence-electron chi connectivity index (χ0n) is 23.1. The summed E-state index contributed by atoms with van der Waals surface area (Å²) in [5.41, 5.74) is 1.08. The second-order valence-electron chi connectivity index (χ2n) is 9.32. The molecule has 1 aliphatic heterocycles. The third-order valence-corrected chi connectivity index (χ3v) is 5.96. The minimum Gasteiger partial charge on any atom is -0.495 e. The first-order chi connectivity index (χ1) is 18.0. The Labute approximate surface area is 223 Å². The van der Waals surface area contributed by atoms with Crippen molar-refractivity contribution < 1.29 is 38.0 Å². The predicted octanol–water partition coefficient (Wildman–Crippen LogP) is 4.81. The molecule has 0 radical (unpaired) electrons. The lowest BCUT2D eigenvalue weighted by Gasteiger charge is -2.32. The second kappa shape index (κ2) is 12.1. The minimum atomic E-state index is -0.997. The van der Waals surface area contributed by atoms with Gasteiger partial charge in [-0.15, -0.1) is 0 Å². The number of nitrogens with zero attached hydrogens (tertiary/aromatic N) is 1. The highest BCUT2D eigenvalue weighted by atomic mass is 16.6. The van der Waals surface area contributed by atoms with E-state index >= 15 is 0 Å². The van der Waals surface area contributed by atoms with Crippen LogP contribution in [0.25, 0.3) is 12.2 Å². The Morgan fingerprint density at radius 1 is 0.947 bits per heavy atom. The topological polar surface area (TPSA) is 105 Å². The van der Waals surface area contributed by atoms with Gasteiger partial charge in [-0.1, -0.05) is 18.2 Å². The molecule has 0 spiro atoms. The van der Waals surface area contributed by atoms with Gasteiger partial charge in [0.2, 0.25) is 11.7 Å². The summed E-state index contributed by atoms with van der Waals surface area (Å²) in [7, 11) is 6.19. The fraction of sp³-hybridized carbons (Fsp3) is 0.429. The number of benzene rings is 2. The number of methoxy groups -OCH3 is 4. The molecule has 1 N–H and O–H groups in total. The van der Waals surface area contributed by atoms with E-state index in [1.165, 1.54) is 12.0 Å². The second-order valence-corrected chi connectivity index (χ2v) is 9.32. The lowest BCUT2D eigenvalue weighted by molar-refractivity contribution is -0.121. The van der Waals surface area contributed by atoms with E-state index in [9.17, 15) is 9.59 Å². The van der Waals surface area contributed by atoms with Crippen molar-refractivity contribution in [2.45, 2.75) is 45.6 Å². The van der Waals surface area contributed by atoms with Crippen molar-refractivity contribution in [2.24, 2.45) is 0 Å². The van der Waals surface area contributed by atoms with Crippen LogP contribution in [-0.4, -0.2) is 69.8 Å². The Hall–Kier alpha value is -3.92. The number of carbonyl (C=O) groups excluding carboxylic acids is 2. The van der Waals surface area contributed by atoms with Gasteiger partial charge in [0.05, 0.1) is 46.8 Å². The van der Waals surface area contributed by atoms with Crippen molar-refractivity contribution in [2.75, 3.05) is 40.4 Å². The molecule has 38 heavy (non-hydrogen) atoms. The molecule has 206 valence electrons. The van der Waals surface area contributed by atoms with E-state index in [1.54, 1.807) is 61.2 Å². The van der Waals surface area contributed by atoms with Crippen molar-refractivity contribution in [1.29, 1.82) is 0 Å². The van der Waals surface area contributed by atoms with Crippen molar-refractivity contribution >= 4 is 29.8 Å². The summed E-state index contributed by atoms with van der Waals surface area (Å²) in [4.78, 5) is 27.4. The average Bonchev–Trinajstić information content (AvgIpc) is 3.21. The molecule has 2 aromatic carbocycles. The van der Waals surface area contributed by atoms with Crippen molar-refractivity contribution in [1.82, 2.24) is 4.90 Å². The quantitative estimate of drug-likeness (QED) is 0.463. The Balaban J connectivity index is 1.86. The lowest BCUT2D eigenvalue weighted by atomic mass is 10.1. The Morgan fingerprint density at radius 3 is 2.11 bits per heavy atom. The number of hydrogen-bond donors (Lipinski definition) is 1. The summed E-state index contributed by atoms with van der Waals surface area (Å²) < 4.78 is 32.8. The van der Waals surface area contributed by atoms with Crippen LogP contribution in [0.2, 0.25) is 0 Å². The SMILES string of the molecule is COc1ccc(/C=C\c2cc(OC)c(OC)c(OC)c2)cc1NC(=O)[C@@H]1COC(C)(C)N1C(=O)OC(C)C. The summed E-state index contributed by atoms with van der Waals surface area (Å²) in [6.07, 6.45) is 2.81. The highest BCUT2D eigenvalue weighted by Gasteiger charge is 2.48.